The molecule has 2 fully saturated rings. The fourth-order valence-corrected chi connectivity index (χ4v) is 1.76. The van der Waals surface area contributed by atoms with Crippen molar-refractivity contribution in [2.24, 2.45) is 0 Å². The first-order chi connectivity index (χ1) is 13.0. The Kier molecular flexibility index (Phi) is 1.52. The average molecular weight is 304 g/mol. The predicted molar refractivity (Wildman–Crippen MR) is 69.8 cm³/mol. The number of nitriles is 1. The van der Waals surface area contributed by atoms with Crippen molar-refractivity contribution < 1.29 is 26.3 Å². The summed E-state index contributed by atoms with van der Waals surface area (Å²) in [5, 5.41) is 8.58. The Morgan fingerprint density at radius 3 is 2.90 bits per heavy atom. The second-order valence-electron chi connectivity index (χ2n) is 3.97. The molecule has 4 nitrogen and oxygen atoms in total. The van der Waals surface area contributed by atoms with Crippen LogP contribution >= 0.6 is 11.6 Å². The number of piperidine rings is 1. The molecule has 20 heavy (non-hydrogen) atoms. The van der Waals surface area contributed by atoms with E-state index in [-0.39, 0.29) is 4.90 Å². The molecule has 0 bridgehead atoms. The van der Waals surface area contributed by atoms with Gasteiger partial charge in [-0.3, -0.25) is 4.79 Å². The Hall–Kier alpha value is -1.64. The smallest absolute Gasteiger partial charge is 0.253 e. The van der Waals surface area contributed by atoms with E-state index in [4.69, 9.17) is 33.9 Å². The Balaban J connectivity index is 2.24. The van der Waals surface area contributed by atoms with Gasteiger partial charge < -0.3 is 9.64 Å². The van der Waals surface area contributed by atoms with Crippen molar-refractivity contribution in [3.63, 3.8) is 0 Å². The Morgan fingerprint density at radius 1 is 1.65 bits per heavy atom. The minimum atomic E-state index is -3.58. The summed E-state index contributed by atoms with van der Waals surface area (Å²) >= 11 is 5.60. The van der Waals surface area contributed by atoms with Gasteiger partial charge >= 0.3 is 0 Å². The summed E-state index contributed by atoms with van der Waals surface area (Å²) in [5.41, 5.74) is -3.69. The first-order valence-corrected chi connectivity index (χ1v) is 5.75. The minimum Gasteiger partial charge on any atom is -0.350 e. The monoisotopic (exact) mass is 303 g/mol. The standard InChI is InChI=1S/C14H12ClFN2O2/c15-10-7-9(1-2-11(10)16)13(19)18-5-3-14(4-6-18)12(8-17)20-14/h1-2,7,12H,3-6H2/i3D2,4D2,5D2,6D2,12D. The third kappa shape index (κ3) is 2.15. The first kappa shape index (κ1) is 6.42. The highest BCUT2D eigenvalue weighted by Crippen LogP contribution is 2.44. The Bertz CT molecular complexity index is 939. The summed E-state index contributed by atoms with van der Waals surface area (Å²) in [4.78, 5) is 12.6. The van der Waals surface area contributed by atoms with Gasteiger partial charge in [-0.25, -0.2) is 4.39 Å². The van der Waals surface area contributed by atoms with E-state index in [9.17, 15) is 9.18 Å². The molecule has 0 aliphatic carbocycles. The van der Waals surface area contributed by atoms with E-state index in [1.54, 1.807) is 0 Å². The summed E-state index contributed by atoms with van der Waals surface area (Å²) in [7, 11) is 0. The molecule has 0 N–H and O–H groups in total. The lowest BCUT2D eigenvalue weighted by atomic mass is 9.93. The highest BCUT2D eigenvalue weighted by Gasteiger charge is 2.58. The lowest BCUT2D eigenvalue weighted by molar-refractivity contribution is 0.0663. The van der Waals surface area contributed by atoms with Crippen LogP contribution in [-0.2, 0) is 4.74 Å². The van der Waals surface area contributed by atoms with Crippen molar-refractivity contribution in [2.75, 3.05) is 13.0 Å². The Labute approximate surface area is 133 Å². The van der Waals surface area contributed by atoms with E-state index >= 15 is 0 Å². The summed E-state index contributed by atoms with van der Waals surface area (Å²) in [6.07, 6.45) is -9.99. The number of rotatable bonds is 1. The lowest BCUT2D eigenvalue weighted by Gasteiger charge is -2.30. The third-order valence-corrected chi connectivity index (χ3v) is 2.98. The van der Waals surface area contributed by atoms with Crippen LogP contribution in [0.5, 0.6) is 0 Å². The molecule has 0 saturated carbocycles. The lowest BCUT2D eigenvalue weighted by Crippen LogP contribution is -2.42. The number of amides is 1. The van der Waals surface area contributed by atoms with Crippen LogP contribution in [-0.4, -0.2) is 35.5 Å². The van der Waals surface area contributed by atoms with E-state index in [2.05, 4.69) is 0 Å². The zero-order valence-electron chi connectivity index (χ0n) is 18.7. The number of likely N-dealkylation sites (tertiary alicyclic amines) is 1. The minimum absolute atomic E-state index is 0.297. The van der Waals surface area contributed by atoms with Crippen LogP contribution in [0, 0.1) is 17.1 Å². The van der Waals surface area contributed by atoms with Crippen LogP contribution in [0.3, 0.4) is 0 Å². The van der Waals surface area contributed by atoms with Gasteiger partial charge in [0, 0.05) is 29.5 Å². The van der Waals surface area contributed by atoms with Gasteiger partial charge in [-0.2, -0.15) is 5.26 Å². The maximum atomic E-state index is 13.4. The second-order valence-corrected chi connectivity index (χ2v) is 4.37. The van der Waals surface area contributed by atoms with E-state index in [1.807, 2.05) is 0 Å². The molecule has 1 atom stereocenters. The molecule has 0 radical (unpaired) electrons. The number of hydrogen-bond donors (Lipinski definition) is 0. The van der Waals surface area contributed by atoms with Gasteiger partial charge in [-0.1, -0.05) is 11.6 Å². The van der Waals surface area contributed by atoms with Crippen molar-refractivity contribution in [3.8, 4) is 6.07 Å². The third-order valence-electron chi connectivity index (χ3n) is 2.69. The summed E-state index contributed by atoms with van der Waals surface area (Å²) in [6, 6.07) is 3.59. The zero-order chi connectivity index (χ0) is 22.4. The SMILES string of the molecule is [2H]C1(C#N)OC12C([2H])([2H])C([2H])([2H])N(C(=O)c1ccc(F)c(Cl)c1)C([2H])([2H])C2([2H])[2H]. The fraction of sp³-hybridized carbons (Fsp3) is 0.429. The van der Waals surface area contributed by atoms with Gasteiger partial charge in [0.25, 0.3) is 5.91 Å². The van der Waals surface area contributed by atoms with E-state index in [1.165, 1.54) is 6.07 Å². The molecule has 2 saturated heterocycles. The number of epoxide rings is 1. The van der Waals surface area contributed by atoms with Crippen molar-refractivity contribution in [3.05, 3.63) is 34.6 Å². The number of ether oxygens (including phenoxy) is 1. The van der Waals surface area contributed by atoms with Crippen molar-refractivity contribution in [2.45, 2.75) is 24.4 Å². The van der Waals surface area contributed by atoms with Gasteiger partial charge in [-0.15, -0.1) is 0 Å². The molecule has 104 valence electrons. The molecule has 1 unspecified atom stereocenters. The first-order valence-electron chi connectivity index (χ1n) is 9.87. The molecule has 6 heteroatoms. The van der Waals surface area contributed by atoms with Crippen molar-refractivity contribution in [1.82, 2.24) is 4.90 Å². The molecular formula is C14H12ClFN2O2. The molecule has 0 aromatic heterocycles. The maximum absolute atomic E-state index is 13.4. The molecule has 1 aromatic carbocycles. The van der Waals surface area contributed by atoms with E-state index in [0.717, 1.165) is 18.2 Å². The Morgan fingerprint density at radius 2 is 2.35 bits per heavy atom. The molecule has 2 aliphatic heterocycles. The quantitative estimate of drug-likeness (QED) is 0.748. The van der Waals surface area contributed by atoms with Crippen molar-refractivity contribution >= 4 is 17.5 Å². The number of carbonyl (C=O) groups is 1. The van der Waals surface area contributed by atoms with Gasteiger partial charge in [0.15, 0.2) is 6.08 Å². The van der Waals surface area contributed by atoms with E-state index < -0.39 is 59.7 Å². The number of nitrogens with zero attached hydrogens (tertiary/aromatic N) is 2. The average Bonchev–Trinajstić information content (AvgIpc) is 3.25. The van der Waals surface area contributed by atoms with Crippen LogP contribution in [0.2, 0.25) is 5.02 Å². The molecule has 2 heterocycles. The predicted octanol–water partition coefficient (Wildman–Crippen LogP) is 2.38. The van der Waals surface area contributed by atoms with Gasteiger partial charge in [0.1, 0.15) is 11.4 Å². The molecule has 3 rings (SSSR count). The number of carbonyl (C=O) groups excluding carboxylic acids is 1. The highest BCUT2D eigenvalue weighted by molar-refractivity contribution is 6.31. The van der Waals surface area contributed by atoms with Crippen LogP contribution in [0.4, 0.5) is 4.39 Å². The van der Waals surface area contributed by atoms with Crippen LogP contribution in [0.1, 0.15) is 35.4 Å². The molecule has 2 aliphatic rings. The number of hydrogen-bond acceptors (Lipinski definition) is 3. The molecule has 1 aromatic rings. The normalized spacial score (nSPS) is 43.9. The largest absolute Gasteiger partial charge is 0.350 e. The zero-order valence-corrected chi connectivity index (χ0v) is 10.5. The number of halogens is 2. The summed E-state index contributed by atoms with van der Waals surface area (Å²) in [6.45, 7) is -7.17. The molecule has 1 spiro atoms. The van der Waals surface area contributed by atoms with Gasteiger partial charge in [0.2, 0.25) is 0 Å². The second kappa shape index (κ2) is 4.72. The highest BCUT2D eigenvalue weighted by atomic mass is 35.5. The van der Waals surface area contributed by atoms with Crippen LogP contribution in [0.15, 0.2) is 18.2 Å². The molecular weight excluding hydrogens is 283 g/mol. The van der Waals surface area contributed by atoms with Crippen molar-refractivity contribution in [1.29, 1.82) is 5.26 Å². The van der Waals surface area contributed by atoms with E-state index in [0.29, 0.717) is 0 Å². The van der Waals surface area contributed by atoms with Gasteiger partial charge in [0.05, 0.1) is 12.5 Å². The number of benzene rings is 1. The van der Waals surface area contributed by atoms with Crippen LogP contribution in [0.25, 0.3) is 0 Å². The molecule has 1 amide bonds. The summed E-state index contributed by atoms with van der Waals surface area (Å²) in [5.74, 6) is -2.44. The summed E-state index contributed by atoms with van der Waals surface area (Å²) < 4.78 is 91.2. The van der Waals surface area contributed by atoms with Gasteiger partial charge in [-0.05, 0) is 30.9 Å². The van der Waals surface area contributed by atoms with Crippen LogP contribution < -0.4 is 0 Å². The maximum Gasteiger partial charge on any atom is 0.253 e. The fourth-order valence-electron chi connectivity index (χ4n) is 1.58. The topological polar surface area (TPSA) is 56.6 Å².